The number of aliphatic hydroxyl groups is 1. The molecule has 1 heterocycles. The van der Waals surface area contributed by atoms with Crippen molar-refractivity contribution in [2.45, 2.75) is 33.2 Å². The highest BCUT2D eigenvalue weighted by Crippen LogP contribution is 2.41. The van der Waals surface area contributed by atoms with Crippen molar-refractivity contribution in [1.29, 1.82) is 0 Å². The highest BCUT2D eigenvalue weighted by molar-refractivity contribution is 6.46. The summed E-state index contributed by atoms with van der Waals surface area (Å²) in [6, 6.07) is 21.3. The summed E-state index contributed by atoms with van der Waals surface area (Å²) >= 11 is 0. The molecule has 1 N–H and O–H groups in total. The van der Waals surface area contributed by atoms with Crippen LogP contribution in [0, 0.1) is 12.8 Å². The van der Waals surface area contributed by atoms with E-state index in [0.717, 1.165) is 17.9 Å². The molecule has 0 aromatic heterocycles. The predicted octanol–water partition coefficient (Wildman–Crippen LogP) is 6.20. The Balaban J connectivity index is 1.75. The Morgan fingerprint density at radius 2 is 1.70 bits per heavy atom. The second-order valence-corrected chi connectivity index (χ2v) is 10.8. The Labute approximate surface area is 236 Å². The third-order valence-corrected chi connectivity index (χ3v) is 6.72. The summed E-state index contributed by atoms with van der Waals surface area (Å²) in [5, 5.41) is 11.5. The summed E-state index contributed by atoms with van der Waals surface area (Å²) in [5.41, 5.74) is 2.05. The summed E-state index contributed by atoms with van der Waals surface area (Å²) < 4.78 is 11.9. The SMILES string of the molecule is Cc1cc(/C(O)=C2\C(=O)C(=O)N(CCCN(C)C)[C@@H]2c2cccc(Oc3ccccc3)c2)ccc1OCC(C)C. The molecule has 7 heteroatoms. The highest BCUT2D eigenvalue weighted by Gasteiger charge is 2.46. The zero-order valence-electron chi connectivity index (χ0n) is 23.9. The minimum Gasteiger partial charge on any atom is -0.507 e. The van der Waals surface area contributed by atoms with Gasteiger partial charge in [-0.05, 0) is 93.5 Å². The highest BCUT2D eigenvalue weighted by atomic mass is 16.5. The number of hydrogen-bond acceptors (Lipinski definition) is 6. The van der Waals surface area contributed by atoms with E-state index in [-0.39, 0.29) is 11.3 Å². The first-order chi connectivity index (χ1) is 19.2. The second kappa shape index (κ2) is 12.8. The molecule has 0 spiro atoms. The molecule has 3 aromatic rings. The van der Waals surface area contributed by atoms with Gasteiger partial charge in [0.1, 0.15) is 23.0 Å². The van der Waals surface area contributed by atoms with E-state index in [2.05, 4.69) is 13.8 Å². The number of likely N-dealkylation sites (tertiary alicyclic amines) is 1. The van der Waals surface area contributed by atoms with E-state index in [4.69, 9.17) is 9.47 Å². The third-order valence-electron chi connectivity index (χ3n) is 6.72. The molecule has 0 bridgehead atoms. The van der Waals surface area contributed by atoms with Crippen molar-refractivity contribution in [1.82, 2.24) is 9.80 Å². The number of carbonyl (C=O) groups is 2. The Kier molecular flexibility index (Phi) is 9.27. The van der Waals surface area contributed by atoms with E-state index < -0.39 is 17.7 Å². The average Bonchev–Trinajstić information content (AvgIpc) is 3.17. The number of ketones is 1. The van der Waals surface area contributed by atoms with Crippen LogP contribution in [0.15, 0.2) is 78.4 Å². The van der Waals surface area contributed by atoms with E-state index in [0.29, 0.717) is 48.1 Å². The van der Waals surface area contributed by atoms with E-state index in [1.807, 2.05) is 80.5 Å². The van der Waals surface area contributed by atoms with Gasteiger partial charge in [0.05, 0.1) is 18.2 Å². The third kappa shape index (κ3) is 6.72. The normalized spacial score (nSPS) is 16.7. The summed E-state index contributed by atoms with van der Waals surface area (Å²) in [6.45, 7) is 7.75. The summed E-state index contributed by atoms with van der Waals surface area (Å²) in [6.07, 6.45) is 0.678. The Morgan fingerprint density at radius 3 is 2.38 bits per heavy atom. The lowest BCUT2D eigenvalue weighted by Crippen LogP contribution is -2.32. The summed E-state index contributed by atoms with van der Waals surface area (Å²) in [7, 11) is 3.93. The molecule has 1 saturated heterocycles. The summed E-state index contributed by atoms with van der Waals surface area (Å²) in [5.74, 6) is 0.827. The Bertz CT molecular complexity index is 1380. The van der Waals surface area contributed by atoms with Gasteiger partial charge in [-0.3, -0.25) is 9.59 Å². The van der Waals surface area contributed by atoms with Crippen LogP contribution in [0.25, 0.3) is 5.76 Å². The molecule has 1 aliphatic heterocycles. The quantitative estimate of drug-likeness (QED) is 0.177. The van der Waals surface area contributed by atoms with Crippen LogP contribution in [0.1, 0.15) is 43.0 Å². The minimum atomic E-state index is -0.751. The maximum absolute atomic E-state index is 13.4. The summed E-state index contributed by atoms with van der Waals surface area (Å²) in [4.78, 5) is 30.4. The van der Waals surface area contributed by atoms with E-state index in [1.165, 1.54) is 0 Å². The van der Waals surface area contributed by atoms with Gasteiger partial charge in [-0.2, -0.15) is 0 Å². The minimum absolute atomic E-state index is 0.0713. The molecule has 4 rings (SSSR count). The van der Waals surface area contributed by atoms with Gasteiger partial charge in [0, 0.05) is 12.1 Å². The zero-order valence-corrected chi connectivity index (χ0v) is 23.9. The van der Waals surface area contributed by atoms with Crippen molar-refractivity contribution in [2.24, 2.45) is 5.92 Å². The van der Waals surface area contributed by atoms with E-state index >= 15 is 0 Å². The van der Waals surface area contributed by atoms with Gasteiger partial charge in [0.25, 0.3) is 11.7 Å². The van der Waals surface area contributed by atoms with Gasteiger partial charge in [-0.15, -0.1) is 0 Å². The largest absolute Gasteiger partial charge is 0.507 e. The number of nitrogens with zero attached hydrogens (tertiary/aromatic N) is 2. The van der Waals surface area contributed by atoms with Crippen LogP contribution < -0.4 is 9.47 Å². The van der Waals surface area contributed by atoms with Crippen molar-refractivity contribution in [3.63, 3.8) is 0 Å². The smallest absolute Gasteiger partial charge is 0.295 e. The first-order valence-corrected chi connectivity index (χ1v) is 13.7. The number of para-hydroxylation sites is 1. The first kappa shape index (κ1) is 28.9. The number of ether oxygens (including phenoxy) is 2. The van der Waals surface area contributed by atoms with Crippen molar-refractivity contribution in [3.05, 3.63) is 95.1 Å². The standard InChI is InChI=1S/C33H38N2O5/c1-22(2)21-39-28-16-15-25(19-23(28)3)31(36)29-30(35(33(38)32(29)37)18-10-17-34(4)5)24-11-9-14-27(20-24)40-26-12-7-6-8-13-26/h6-9,11-16,19-20,22,30,36H,10,17-18,21H2,1-5H3/b31-29+/t30-/m1/s1. The number of benzene rings is 3. The number of aliphatic hydroxyl groups excluding tert-OH is 1. The van der Waals surface area contributed by atoms with Gasteiger partial charge >= 0.3 is 0 Å². The molecule has 0 saturated carbocycles. The monoisotopic (exact) mass is 542 g/mol. The molecule has 1 amide bonds. The molecule has 1 fully saturated rings. The molecule has 7 nitrogen and oxygen atoms in total. The number of amides is 1. The lowest BCUT2D eigenvalue weighted by atomic mass is 9.94. The van der Waals surface area contributed by atoms with Crippen LogP contribution in [-0.2, 0) is 9.59 Å². The van der Waals surface area contributed by atoms with Gasteiger partial charge in [0.2, 0.25) is 0 Å². The van der Waals surface area contributed by atoms with Crippen LogP contribution in [0.4, 0.5) is 0 Å². The maximum Gasteiger partial charge on any atom is 0.295 e. The van der Waals surface area contributed by atoms with Crippen LogP contribution in [0.2, 0.25) is 0 Å². The lowest BCUT2D eigenvalue weighted by molar-refractivity contribution is -0.139. The van der Waals surface area contributed by atoms with E-state index in [1.54, 1.807) is 23.1 Å². The fourth-order valence-corrected chi connectivity index (χ4v) is 4.76. The van der Waals surface area contributed by atoms with Crippen LogP contribution in [0.3, 0.4) is 0 Å². The topological polar surface area (TPSA) is 79.3 Å². The number of carbonyl (C=O) groups excluding carboxylic acids is 2. The molecule has 0 aliphatic carbocycles. The molecule has 1 aliphatic rings. The first-order valence-electron chi connectivity index (χ1n) is 13.7. The predicted molar refractivity (Wildman–Crippen MR) is 157 cm³/mol. The number of rotatable bonds is 11. The fraction of sp³-hybridized carbons (Fsp3) is 0.333. The molecule has 40 heavy (non-hydrogen) atoms. The molecule has 210 valence electrons. The van der Waals surface area contributed by atoms with Gasteiger partial charge in [-0.25, -0.2) is 0 Å². The molecule has 1 atom stereocenters. The fourth-order valence-electron chi connectivity index (χ4n) is 4.76. The van der Waals surface area contributed by atoms with Gasteiger partial charge in [-0.1, -0.05) is 44.2 Å². The number of hydrogen-bond donors (Lipinski definition) is 1. The van der Waals surface area contributed by atoms with Crippen molar-refractivity contribution < 1.29 is 24.2 Å². The second-order valence-electron chi connectivity index (χ2n) is 10.8. The molecular weight excluding hydrogens is 504 g/mol. The molecule has 3 aromatic carbocycles. The van der Waals surface area contributed by atoms with Crippen LogP contribution >= 0.6 is 0 Å². The van der Waals surface area contributed by atoms with E-state index in [9.17, 15) is 14.7 Å². The van der Waals surface area contributed by atoms with Crippen LogP contribution in [-0.4, -0.2) is 60.4 Å². The van der Waals surface area contributed by atoms with Crippen LogP contribution in [0.5, 0.6) is 17.2 Å². The van der Waals surface area contributed by atoms with Gasteiger partial charge in [0.15, 0.2) is 0 Å². The van der Waals surface area contributed by atoms with Crippen molar-refractivity contribution >= 4 is 17.4 Å². The van der Waals surface area contributed by atoms with Crippen molar-refractivity contribution in [3.8, 4) is 17.2 Å². The van der Waals surface area contributed by atoms with Gasteiger partial charge < -0.3 is 24.4 Å². The average molecular weight is 543 g/mol. The number of aryl methyl sites for hydroxylation is 1. The number of Topliss-reactive ketones (excluding diaryl/α,β-unsaturated/α-hetero) is 1. The maximum atomic E-state index is 13.4. The zero-order chi connectivity index (χ0) is 28.8. The van der Waals surface area contributed by atoms with Crippen molar-refractivity contribution in [2.75, 3.05) is 33.8 Å². The molecule has 0 unspecified atom stereocenters. The molecular formula is C33H38N2O5. The lowest BCUT2D eigenvalue weighted by Gasteiger charge is -2.26. The Morgan fingerprint density at radius 1 is 0.975 bits per heavy atom. The molecule has 0 radical (unpaired) electrons. The Hall–Kier alpha value is -4.10.